The molecule has 3 atom stereocenters. The quantitative estimate of drug-likeness (QED) is 0.863. The molecule has 2 aromatic rings. The lowest BCUT2D eigenvalue weighted by atomic mass is 10.1. The van der Waals surface area contributed by atoms with Crippen LogP contribution in [0.5, 0.6) is 0 Å². The maximum absolute atomic E-state index is 13.1. The lowest BCUT2D eigenvalue weighted by molar-refractivity contribution is -0.118. The maximum Gasteiger partial charge on any atom is 0.229 e. The molecule has 3 N–H and O–H groups in total. The summed E-state index contributed by atoms with van der Waals surface area (Å²) in [5.74, 6) is 0.948. The van der Waals surface area contributed by atoms with E-state index in [1.54, 1.807) is 24.3 Å². The number of carbonyl (C=O) groups excluding carboxylic acids is 1. The minimum atomic E-state index is -0.300. The molecule has 0 radical (unpaired) electrons. The van der Waals surface area contributed by atoms with Crippen LogP contribution in [-0.2, 0) is 9.53 Å². The highest BCUT2D eigenvalue weighted by molar-refractivity contribution is 5.96. The number of halogens is 1. The van der Waals surface area contributed by atoms with Gasteiger partial charge in [0.05, 0.1) is 30.6 Å². The molecule has 6 nitrogen and oxygen atoms in total. The SMILES string of the molecule is Nc1ccc(-c2ccc(F)cc2)nc1NC(=O)C1[C@H]2CN(C3COC3)C[C@@H]12. The predicted molar refractivity (Wildman–Crippen MR) is 99.3 cm³/mol. The summed E-state index contributed by atoms with van der Waals surface area (Å²) in [4.78, 5) is 19.6. The summed E-state index contributed by atoms with van der Waals surface area (Å²) in [6.45, 7) is 3.56. The van der Waals surface area contributed by atoms with Crippen LogP contribution < -0.4 is 11.1 Å². The number of hydrogen-bond donors (Lipinski definition) is 2. The topological polar surface area (TPSA) is 80.5 Å². The molecule has 5 rings (SSSR count). The van der Waals surface area contributed by atoms with Crippen LogP contribution >= 0.6 is 0 Å². The second kappa shape index (κ2) is 6.28. The van der Waals surface area contributed by atoms with E-state index in [0.717, 1.165) is 31.9 Å². The molecule has 27 heavy (non-hydrogen) atoms. The Hall–Kier alpha value is -2.51. The van der Waals surface area contributed by atoms with Gasteiger partial charge in [-0.3, -0.25) is 9.69 Å². The molecule has 0 bridgehead atoms. The van der Waals surface area contributed by atoms with Gasteiger partial charge in [-0.2, -0.15) is 0 Å². The van der Waals surface area contributed by atoms with Gasteiger partial charge in [0.1, 0.15) is 5.82 Å². The summed E-state index contributed by atoms with van der Waals surface area (Å²) < 4.78 is 18.4. The fourth-order valence-electron chi connectivity index (χ4n) is 4.23. The van der Waals surface area contributed by atoms with E-state index >= 15 is 0 Å². The number of fused-ring (bicyclic) bond motifs is 1. The van der Waals surface area contributed by atoms with Gasteiger partial charge in [-0.1, -0.05) is 0 Å². The average molecular weight is 368 g/mol. The van der Waals surface area contributed by atoms with Gasteiger partial charge in [0, 0.05) is 24.6 Å². The number of nitrogens with two attached hydrogens (primary N) is 1. The third kappa shape index (κ3) is 2.96. The molecule has 1 aliphatic carbocycles. The van der Waals surface area contributed by atoms with Crippen molar-refractivity contribution < 1.29 is 13.9 Å². The standard InChI is InChI=1S/C20H21FN4O2/c21-12-3-1-11(2-4-12)17-6-5-16(22)19(23-17)24-20(26)18-14-7-25(8-15(14)18)13-9-27-10-13/h1-6,13-15,18H,7-10,22H2,(H,23,24,26)/t14-,15+,18?. The van der Waals surface area contributed by atoms with Gasteiger partial charge in [-0.15, -0.1) is 0 Å². The van der Waals surface area contributed by atoms with E-state index < -0.39 is 0 Å². The van der Waals surface area contributed by atoms with Gasteiger partial charge >= 0.3 is 0 Å². The highest BCUT2D eigenvalue weighted by Crippen LogP contribution is 2.53. The molecule has 1 saturated carbocycles. The molecule has 1 aromatic heterocycles. The number of aromatic nitrogens is 1. The summed E-state index contributed by atoms with van der Waals surface area (Å²) in [6, 6.07) is 10.1. The first-order valence-corrected chi connectivity index (χ1v) is 9.25. The van der Waals surface area contributed by atoms with Gasteiger partial charge in [-0.25, -0.2) is 9.37 Å². The van der Waals surface area contributed by atoms with Gasteiger partial charge < -0.3 is 15.8 Å². The number of carbonyl (C=O) groups is 1. The van der Waals surface area contributed by atoms with Crippen LogP contribution in [0.4, 0.5) is 15.9 Å². The third-order valence-electron chi connectivity index (χ3n) is 5.97. The van der Waals surface area contributed by atoms with E-state index in [1.807, 2.05) is 0 Å². The van der Waals surface area contributed by atoms with Crippen LogP contribution in [0.25, 0.3) is 11.3 Å². The number of nitrogens with one attached hydrogen (secondary N) is 1. The lowest BCUT2D eigenvalue weighted by Crippen LogP contribution is -2.49. The summed E-state index contributed by atoms with van der Waals surface area (Å²) in [6.07, 6.45) is 0. The number of nitrogens with zero attached hydrogens (tertiary/aromatic N) is 2. The first kappa shape index (κ1) is 16.6. The summed E-state index contributed by atoms with van der Waals surface area (Å²) in [5.41, 5.74) is 7.85. The minimum absolute atomic E-state index is 0.00929. The Morgan fingerprint density at radius 3 is 2.48 bits per heavy atom. The highest BCUT2D eigenvalue weighted by atomic mass is 19.1. The number of likely N-dealkylation sites (tertiary alicyclic amines) is 1. The van der Waals surface area contributed by atoms with Gasteiger partial charge in [0.15, 0.2) is 5.82 Å². The molecule has 7 heteroatoms. The summed E-state index contributed by atoms with van der Waals surface area (Å²) in [7, 11) is 0. The smallest absolute Gasteiger partial charge is 0.229 e. The van der Waals surface area contributed by atoms with E-state index in [9.17, 15) is 9.18 Å². The first-order valence-electron chi connectivity index (χ1n) is 9.25. The Kier molecular flexibility index (Phi) is 3.87. The van der Waals surface area contributed by atoms with Crippen LogP contribution in [0.1, 0.15) is 0 Å². The van der Waals surface area contributed by atoms with Crippen LogP contribution in [0.15, 0.2) is 36.4 Å². The van der Waals surface area contributed by atoms with Crippen LogP contribution in [0, 0.1) is 23.6 Å². The first-order chi connectivity index (χ1) is 13.1. The number of ether oxygens (including phenoxy) is 1. The fourth-order valence-corrected chi connectivity index (χ4v) is 4.23. The Morgan fingerprint density at radius 2 is 1.85 bits per heavy atom. The molecule has 1 aromatic carbocycles. The minimum Gasteiger partial charge on any atom is -0.396 e. The summed E-state index contributed by atoms with van der Waals surface area (Å²) in [5, 5.41) is 2.90. The maximum atomic E-state index is 13.1. The molecule has 140 valence electrons. The molecule has 1 unspecified atom stereocenters. The molecular weight excluding hydrogens is 347 g/mol. The van der Waals surface area contributed by atoms with Gasteiger partial charge in [0.2, 0.25) is 5.91 Å². The van der Waals surface area contributed by atoms with E-state index in [1.165, 1.54) is 12.1 Å². The number of rotatable bonds is 4. The van der Waals surface area contributed by atoms with Gasteiger partial charge in [0.25, 0.3) is 0 Å². The van der Waals surface area contributed by atoms with E-state index in [0.29, 0.717) is 35.1 Å². The van der Waals surface area contributed by atoms with Crippen molar-refractivity contribution in [3.05, 3.63) is 42.2 Å². The molecule has 1 amide bonds. The van der Waals surface area contributed by atoms with Crippen molar-refractivity contribution in [1.82, 2.24) is 9.88 Å². The second-order valence-corrected chi connectivity index (χ2v) is 7.63. The third-order valence-corrected chi connectivity index (χ3v) is 5.97. The number of nitrogen functional groups attached to an aromatic ring is 1. The number of pyridine rings is 1. The van der Waals surface area contributed by atoms with Crippen molar-refractivity contribution in [2.75, 3.05) is 37.4 Å². The van der Waals surface area contributed by atoms with Crippen LogP contribution in [-0.4, -0.2) is 48.1 Å². The number of piperidine rings is 1. The number of amides is 1. The van der Waals surface area contributed by atoms with Crippen molar-refractivity contribution in [2.24, 2.45) is 17.8 Å². The normalized spacial score (nSPS) is 27.1. The van der Waals surface area contributed by atoms with E-state index in [-0.39, 0.29) is 17.6 Å². The number of hydrogen-bond acceptors (Lipinski definition) is 5. The average Bonchev–Trinajstić information content (AvgIpc) is 3.12. The second-order valence-electron chi connectivity index (χ2n) is 7.63. The van der Waals surface area contributed by atoms with Crippen LogP contribution in [0.3, 0.4) is 0 Å². The molecule has 2 aliphatic heterocycles. The Balaban J connectivity index is 1.26. The van der Waals surface area contributed by atoms with Crippen molar-refractivity contribution in [2.45, 2.75) is 6.04 Å². The molecule has 3 heterocycles. The van der Waals surface area contributed by atoms with E-state index in [2.05, 4.69) is 15.2 Å². The largest absolute Gasteiger partial charge is 0.396 e. The Labute approximate surface area is 156 Å². The monoisotopic (exact) mass is 368 g/mol. The van der Waals surface area contributed by atoms with Gasteiger partial charge in [-0.05, 0) is 48.2 Å². The Morgan fingerprint density at radius 1 is 1.15 bits per heavy atom. The zero-order chi connectivity index (χ0) is 18.5. The Bertz CT molecular complexity index is 872. The van der Waals surface area contributed by atoms with Crippen molar-refractivity contribution in [3.63, 3.8) is 0 Å². The number of benzene rings is 1. The molecule has 2 saturated heterocycles. The highest BCUT2D eigenvalue weighted by Gasteiger charge is 2.60. The summed E-state index contributed by atoms with van der Waals surface area (Å²) >= 11 is 0. The van der Waals surface area contributed by atoms with Crippen molar-refractivity contribution in [1.29, 1.82) is 0 Å². The lowest BCUT2D eigenvalue weighted by Gasteiger charge is -2.35. The van der Waals surface area contributed by atoms with E-state index in [4.69, 9.17) is 10.5 Å². The molecule has 3 aliphatic rings. The number of anilines is 2. The predicted octanol–water partition coefficient (Wildman–Crippen LogP) is 1.98. The van der Waals surface area contributed by atoms with Crippen LogP contribution in [0.2, 0.25) is 0 Å². The van der Waals surface area contributed by atoms with Crippen molar-refractivity contribution >= 4 is 17.4 Å². The molecule has 0 spiro atoms. The molecular formula is C20H21FN4O2. The zero-order valence-electron chi connectivity index (χ0n) is 14.8. The fraction of sp³-hybridized carbons (Fsp3) is 0.400. The van der Waals surface area contributed by atoms with Crippen molar-refractivity contribution in [3.8, 4) is 11.3 Å². The molecule has 3 fully saturated rings. The zero-order valence-corrected chi connectivity index (χ0v) is 14.8.